The minimum Gasteiger partial charge on any atom is -0.457 e. The van der Waals surface area contributed by atoms with Crippen LogP contribution in [-0.2, 0) is 0 Å². The van der Waals surface area contributed by atoms with Gasteiger partial charge in [0.2, 0.25) is 5.95 Å². The Labute approximate surface area is 160 Å². The molecule has 1 aliphatic heterocycles. The molecule has 0 amide bonds. The molecule has 1 aromatic heterocycles. The van der Waals surface area contributed by atoms with Gasteiger partial charge in [-0.3, -0.25) is 0 Å². The van der Waals surface area contributed by atoms with Gasteiger partial charge in [-0.05, 0) is 61.2 Å². The third-order valence-electron chi connectivity index (χ3n) is 4.84. The highest BCUT2D eigenvalue weighted by Gasteiger charge is 2.17. The van der Waals surface area contributed by atoms with E-state index >= 15 is 0 Å². The molecule has 5 nitrogen and oxygen atoms in total. The Balaban J connectivity index is 1.41. The van der Waals surface area contributed by atoms with Crippen molar-refractivity contribution in [1.29, 1.82) is 0 Å². The predicted octanol–water partition coefficient (Wildman–Crippen LogP) is 5.25. The molecule has 0 atom stereocenters. The molecular weight excluding hydrogens is 336 g/mol. The lowest BCUT2D eigenvalue weighted by atomic mass is 9.99. The smallest absolute Gasteiger partial charge is 0.229 e. The van der Waals surface area contributed by atoms with Gasteiger partial charge in [-0.1, -0.05) is 25.1 Å². The summed E-state index contributed by atoms with van der Waals surface area (Å²) in [5.74, 6) is 4.03. The fourth-order valence-corrected chi connectivity index (χ4v) is 3.18. The predicted molar refractivity (Wildman–Crippen MR) is 109 cm³/mol. The standard InChI is InChI=1S/C22H24N4O/c1-17-12-15-26(16-13-17)21-11-14-23-22(25-21)24-18-7-9-20(10-8-18)27-19-5-3-2-4-6-19/h2-11,14,17H,12-13,15-16H2,1H3,(H,23,24,25). The Morgan fingerprint density at radius 3 is 2.37 bits per heavy atom. The summed E-state index contributed by atoms with van der Waals surface area (Å²) in [5.41, 5.74) is 0.930. The number of benzene rings is 2. The van der Waals surface area contributed by atoms with Gasteiger partial charge in [0.15, 0.2) is 0 Å². The molecule has 3 aromatic rings. The van der Waals surface area contributed by atoms with E-state index in [0.717, 1.165) is 42.0 Å². The van der Waals surface area contributed by atoms with Crippen LogP contribution in [0.15, 0.2) is 66.9 Å². The number of hydrogen-bond acceptors (Lipinski definition) is 5. The Hall–Kier alpha value is -3.08. The minimum atomic E-state index is 0.614. The first-order chi connectivity index (χ1) is 13.3. The Morgan fingerprint density at radius 1 is 0.926 bits per heavy atom. The molecule has 0 saturated carbocycles. The third-order valence-corrected chi connectivity index (χ3v) is 4.84. The van der Waals surface area contributed by atoms with Crippen molar-refractivity contribution in [3.05, 3.63) is 66.9 Å². The molecule has 2 heterocycles. The SMILES string of the molecule is CC1CCN(c2ccnc(Nc3ccc(Oc4ccccc4)cc3)n2)CC1. The van der Waals surface area contributed by atoms with Gasteiger partial charge in [0.25, 0.3) is 0 Å². The molecule has 27 heavy (non-hydrogen) atoms. The van der Waals surface area contributed by atoms with Crippen molar-refractivity contribution in [2.75, 3.05) is 23.3 Å². The van der Waals surface area contributed by atoms with Gasteiger partial charge in [-0.15, -0.1) is 0 Å². The van der Waals surface area contributed by atoms with Crippen LogP contribution in [0.3, 0.4) is 0 Å². The van der Waals surface area contributed by atoms with Gasteiger partial charge in [0.05, 0.1) is 0 Å². The van der Waals surface area contributed by atoms with Gasteiger partial charge in [0, 0.05) is 25.0 Å². The molecule has 1 saturated heterocycles. The van der Waals surface area contributed by atoms with E-state index in [1.807, 2.05) is 66.9 Å². The number of rotatable bonds is 5. The number of nitrogens with zero attached hydrogens (tertiary/aromatic N) is 3. The van der Waals surface area contributed by atoms with Crippen molar-refractivity contribution >= 4 is 17.5 Å². The fraction of sp³-hybridized carbons (Fsp3) is 0.273. The van der Waals surface area contributed by atoms with E-state index in [4.69, 9.17) is 4.74 Å². The van der Waals surface area contributed by atoms with E-state index < -0.39 is 0 Å². The van der Waals surface area contributed by atoms with E-state index in [-0.39, 0.29) is 0 Å². The molecule has 1 aliphatic rings. The largest absolute Gasteiger partial charge is 0.457 e. The normalized spacial score (nSPS) is 14.8. The highest BCUT2D eigenvalue weighted by atomic mass is 16.5. The molecule has 0 spiro atoms. The Bertz CT molecular complexity index is 859. The van der Waals surface area contributed by atoms with Crippen LogP contribution in [0.2, 0.25) is 0 Å². The maximum atomic E-state index is 5.82. The van der Waals surface area contributed by atoms with Crippen LogP contribution in [0, 0.1) is 5.92 Å². The number of anilines is 3. The first kappa shape index (κ1) is 17.3. The minimum absolute atomic E-state index is 0.614. The first-order valence-corrected chi connectivity index (χ1v) is 9.44. The summed E-state index contributed by atoms with van der Waals surface area (Å²) in [6, 6.07) is 19.6. The van der Waals surface area contributed by atoms with Crippen LogP contribution in [0.1, 0.15) is 19.8 Å². The highest BCUT2D eigenvalue weighted by Crippen LogP contribution is 2.25. The summed E-state index contributed by atoms with van der Waals surface area (Å²) >= 11 is 0. The van der Waals surface area contributed by atoms with Gasteiger partial charge < -0.3 is 15.0 Å². The maximum absolute atomic E-state index is 5.82. The lowest BCUT2D eigenvalue weighted by Crippen LogP contribution is -2.33. The molecule has 0 radical (unpaired) electrons. The molecular formula is C22H24N4O. The third kappa shape index (κ3) is 4.56. The molecule has 1 fully saturated rings. The van der Waals surface area contributed by atoms with Gasteiger partial charge in [-0.2, -0.15) is 4.98 Å². The van der Waals surface area contributed by atoms with Crippen LogP contribution in [0.25, 0.3) is 0 Å². The molecule has 2 aromatic carbocycles. The second kappa shape index (κ2) is 8.08. The van der Waals surface area contributed by atoms with Crippen LogP contribution < -0.4 is 15.0 Å². The number of aromatic nitrogens is 2. The van der Waals surface area contributed by atoms with Crippen molar-refractivity contribution in [2.24, 2.45) is 5.92 Å². The van der Waals surface area contributed by atoms with Crippen LogP contribution in [0.4, 0.5) is 17.5 Å². The lowest BCUT2D eigenvalue weighted by Gasteiger charge is -2.31. The van der Waals surface area contributed by atoms with Crippen molar-refractivity contribution < 1.29 is 4.74 Å². The Morgan fingerprint density at radius 2 is 1.63 bits per heavy atom. The summed E-state index contributed by atoms with van der Waals surface area (Å²) in [6.45, 7) is 4.43. The summed E-state index contributed by atoms with van der Waals surface area (Å²) < 4.78 is 5.82. The Kier molecular flexibility index (Phi) is 5.19. The van der Waals surface area contributed by atoms with Crippen molar-refractivity contribution in [3.8, 4) is 11.5 Å². The highest BCUT2D eigenvalue weighted by molar-refractivity contribution is 5.56. The lowest BCUT2D eigenvalue weighted by molar-refractivity contribution is 0.436. The number of hydrogen-bond donors (Lipinski definition) is 1. The first-order valence-electron chi connectivity index (χ1n) is 9.44. The second-order valence-corrected chi connectivity index (χ2v) is 6.97. The number of para-hydroxylation sites is 1. The quantitative estimate of drug-likeness (QED) is 0.673. The van der Waals surface area contributed by atoms with Crippen LogP contribution in [0.5, 0.6) is 11.5 Å². The van der Waals surface area contributed by atoms with E-state index in [2.05, 4.69) is 27.1 Å². The summed E-state index contributed by atoms with van der Waals surface area (Å²) in [7, 11) is 0. The average molecular weight is 360 g/mol. The number of piperidine rings is 1. The van der Waals surface area contributed by atoms with Crippen molar-refractivity contribution in [1.82, 2.24) is 9.97 Å². The molecule has 5 heteroatoms. The second-order valence-electron chi connectivity index (χ2n) is 6.97. The van der Waals surface area contributed by atoms with E-state index in [9.17, 15) is 0 Å². The maximum Gasteiger partial charge on any atom is 0.229 e. The van der Waals surface area contributed by atoms with Gasteiger partial charge >= 0.3 is 0 Å². The fourth-order valence-electron chi connectivity index (χ4n) is 3.18. The molecule has 1 N–H and O–H groups in total. The van der Waals surface area contributed by atoms with Crippen LogP contribution in [-0.4, -0.2) is 23.1 Å². The van der Waals surface area contributed by atoms with Crippen molar-refractivity contribution in [2.45, 2.75) is 19.8 Å². The van der Waals surface area contributed by atoms with Gasteiger partial charge in [0.1, 0.15) is 17.3 Å². The zero-order valence-electron chi connectivity index (χ0n) is 15.5. The number of ether oxygens (including phenoxy) is 1. The van der Waals surface area contributed by atoms with E-state index in [1.165, 1.54) is 12.8 Å². The molecule has 0 unspecified atom stereocenters. The summed E-state index contributed by atoms with van der Waals surface area (Å²) in [5, 5.41) is 3.28. The summed E-state index contributed by atoms with van der Waals surface area (Å²) in [6.07, 6.45) is 4.25. The van der Waals surface area contributed by atoms with Gasteiger partial charge in [-0.25, -0.2) is 4.98 Å². The zero-order chi connectivity index (χ0) is 18.5. The zero-order valence-corrected chi connectivity index (χ0v) is 15.5. The van der Waals surface area contributed by atoms with Crippen LogP contribution >= 0.6 is 0 Å². The monoisotopic (exact) mass is 360 g/mol. The average Bonchev–Trinajstić information content (AvgIpc) is 2.71. The number of nitrogens with one attached hydrogen (secondary N) is 1. The molecule has 0 bridgehead atoms. The van der Waals surface area contributed by atoms with Crippen molar-refractivity contribution in [3.63, 3.8) is 0 Å². The molecule has 138 valence electrons. The van der Waals surface area contributed by atoms with E-state index in [1.54, 1.807) is 0 Å². The molecule has 4 rings (SSSR count). The summed E-state index contributed by atoms with van der Waals surface area (Å²) in [4.78, 5) is 11.4. The van der Waals surface area contributed by atoms with E-state index in [0.29, 0.717) is 5.95 Å². The molecule has 0 aliphatic carbocycles. The topological polar surface area (TPSA) is 50.3 Å².